The molecule has 8 nitrogen and oxygen atoms in total. The van der Waals surface area contributed by atoms with Gasteiger partial charge in [-0.1, -0.05) is 30.3 Å². The summed E-state index contributed by atoms with van der Waals surface area (Å²) < 4.78 is 44.2. The number of carboxylic acids is 1. The molecule has 0 aliphatic heterocycles. The van der Waals surface area contributed by atoms with Gasteiger partial charge in [-0.2, -0.15) is 13.2 Å². The van der Waals surface area contributed by atoms with Gasteiger partial charge in [-0.25, -0.2) is 14.2 Å². The first-order valence-electron chi connectivity index (χ1n) is 8.87. The molecule has 0 spiro atoms. The van der Waals surface area contributed by atoms with Crippen LogP contribution in [0.25, 0.3) is 0 Å². The fraction of sp³-hybridized carbons (Fsp3) is 0.200. The van der Waals surface area contributed by atoms with Crippen LogP contribution in [0.4, 0.5) is 23.2 Å². The Bertz CT molecular complexity index is 966. The molecule has 0 aliphatic rings. The Kier molecular flexibility index (Phi) is 9.80. The minimum atomic E-state index is -5.08. The molecule has 6 N–H and O–H groups in total. The van der Waals surface area contributed by atoms with Crippen molar-refractivity contribution in [2.45, 2.75) is 18.6 Å². The van der Waals surface area contributed by atoms with Crippen LogP contribution in [0, 0.1) is 0 Å². The number of rotatable bonds is 7. The van der Waals surface area contributed by atoms with Gasteiger partial charge < -0.3 is 21.9 Å². The number of carbonyl (C=O) groups is 3. The van der Waals surface area contributed by atoms with E-state index in [4.69, 9.17) is 21.4 Å². The van der Waals surface area contributed by atoms with Crippen molar-refractivity contribution in [3.05, 3.63) is 65.7 Å². The number of amidine groups is 1. The number of halogens is 4. The van der Waals surface area contributed by atoms with Crippen LogP contribution in [0.1, 0.15) is 15.9 Å². The number of nitrogens with two attached hydrogens (primary N) is 2. The van der Waals surface area contributed by atoms with Gasteiger partial charge in [0.1, 0.15) is 18.6 Å². The van der Waals surface area contributed by atoms with E-state index < -0.39 is 30.8 Å². The maximum absolute atomic E-state index is 12.4. The largest absolute Gasteiger partial charge is 0.490 e. The molecule has 2 amide bonds. The van der Waals surface area contributed by atoms with Crippen molar-refractivity contribution in [3.8, 4) is 0 Å². The van der Waals surface area contributed by atoms with Crippen LogP contribution >= 0.6 is 0 Å². The molecule has 32 heavy (non-hydrogen) atoms. The third-order valence-corrected chi connectivity index (χ3v) is 3.69. The van der Waals surface area contributed by atoms with Crippen molar-refractivity contribution in [1.29, 1.82) is 0 Å². The zero-order valence-electron chi connectivity index (χ0n) is 16.5. The molecular formula is C20H20F4N4O4. The number of carbonyl (C=O) groups excluding carboxylic acids is 2. The first-order chi connectivity index (χ1) is 14.9. The monoisotopic (exact) mass is 456 g/mol. The van der Waals surface area contributed by atoms with E-state index >= 15 is 0 Å². The molecule has 172 valence electrons. The highest BCUT2D eigenvalue weighted by molar-refractivity contribution is 5.97. The number of nitrogens with zero attached hydrogens (tertiary/aromatic N) is 1. The van der Waals surface area contributed by atoms with Gasteiger partial charge in [-0.15, -0.1) is 0 Å². The zero-order chi connectivity index (χ0) is 24.3. The van der Waals surface area contributed by atoms with Gasteiger partial charge in [-0.3, -0.25) is 9.59 Å². The van der Waals surface area contributed by atoms with Gasteiger partial charge in [-0.05, 0) is 29.8 Å². The summed E-state index contributed by atoms with van der Waals surface area (Å²) in [5.74, 6) is -3.94. The quantitative estimate of drug-likeness (QED) is 0.286. The highest BCUT2D eigenvalue weighted by atomic mass is 19.4. The predicted octanol–water partition coefficient (Wildman–Crippen LogP) is 2.10. The van der Waals surface area contributed by atoms with Crippen LogP contribution in [0.3, 0.4) is 0 Å². The van der Waals surface area contributed by atoms with Gasteiger partial charge >= 0.3 is 12.1 Å². The Morgan fingerprint density at radius 2 is 1.62 bits per heavy atom. The molecule has 0 aliphatic carbocycles. The number of hydrogen-bond acceptors (Lipinski definition) is 4. The average molecular weight is 456 g/mol. The lowest BCUT2D eigenvalue weighted by atomic mass is 10.0. The molecule has 12 heteroatoms. The standard InChI is InChI=1S/C18H19FN4O2.C2HF3O2/c19-11-16(20)22-14-8-4-5-12(9-14)10-15(17(21)24)23-18(25)13-6-2-1-3-7-13;3-2(4,5)1(6)7/h1-9,15H,10-11H2,(H2,20,22)(H2,21,24)(H,23,25);(H,6,7)/t15-;/m0./s1. The van der Waals surface area contributed by atoms with Crippen LogP contribution in [-0.4, -0.2) is 47.6 Å². The molecule has 0 bridgehead atoms. The summed E-state index contributed by atoms with van der Waals surface area (Å²) in [5.41, 5.74) is 12.4. The Balaban J connectivity index is 0.000000633. The summed E-state index contributed by atoms with van der Waals surface area (Å²) in [4.78, 5) is 36.7. The molecule has 0 saturated heterocycles. The van der Waals surface area contributed by atoms with Gasteiger partial charge in [0, 0.05) is 12.0 Å². The molecule has 0 aromatic heterocycles. The second-order valence-corrected chi connectivity index (χ2v) is 6.21. The SMILES string of the molecule is NC(=O)[C@H](Cc1cccc(N=C(N)CF)c1)NC(=O)c1ccccc1.O=C(O)C(F)(F)F. The smallest absolute Gasteiger partial charge is 0.475 e. The number of hydrogen-bond donors (Lipinski definition) is 4. The summed E-state index contributed by atoms with van der Waals surface area (Å²) in [6, 6.07) is 14.4. The minimum absolute atomic E-state index is 0.138. The maximum atomic E-state index is 12.4. The Morgan fingerprint density at radius 3 is 2.12 bits per heavy atom. The number of amides is 2. The Morgan fingerprint density at radius 1 is 1.03 bits per heavy atom. The van der Waals surface area contributed by atoms with Gasteiger partial charge in [0.05, 0.1) is 5.69 Å². The molecule has 0 unspecified atom stereocenters. The number of carboxylic acid groups (broad SMARTS) is 1. The molecule has 0 radical (unpaired) electrons. The molecule has 2 aromatic carbocycles. The lowest BCUT2D eigenvalue weighted by Gasteiger charge is -2.16. The minimum Gasteiger partial charge on any atom is -0.475 e. The van der Waals surface area contributed by atoms with Crippen LogP contribution in [0.2, 0.25) is 0 Å². The molecule has 1 atom stereocenters. The van der Waals surface area contributed by atoms with Crippen LogP contribution in [0.15, 0.2) is 59.6 Å². The zero-order valence-corrected chi connectivity index (χ0v) is 16.5. The van der Waals surface area contributed by atoms with Gasteiger partial charge in [0.2, 0.25) is 5.91 Å². The number of aliphatic imine (C=N–C) groups is 1. The number of nitrogens with one attached hydrogen (secondary N) is 1. The second kappa shape index (κ2) is 12.0. The van der Waals surface area contributed by atoms with Crippen molar-refractivity contribution in [1.82, 2.24) is 5.32 Å². The molecule has 0 fully saturated rings. The number of aliphatic carboxylic acids is 1. The van der Waals surface area contributed by atoms with Crippen molar-refractivity contribution < 1.29 is 37.1 Å². The first kappa shape index (κ1) is 26.1. The third-order valence-electron chi connectivity index (χ3n) is 3.69. The predicted molar refractivity (Wildman–Crippen MR) is 108 cm³/mol. The fourth-order valence-electron chi connectivity index (χ4n) is 2.24. The van der Waals surface area contributed by atoms with Crippen LogP contribution < -0.4 is 16.8 Å². The number of primary amides is 1. The topological polar surface area (TPSA) is 148 Å². The van der Waals surface area contributed by atoms with Crippen LogP contribution in [-0.2, 0) is 16.0 Å². The normalized spacial score (nSPS) is 12.2. The van der Waals surface area contributed by atoms with E-state index in [-0.39, 0.29) is 18.2 Å². The molecular weight excluding hydrogens is 436 g/mol. The van der Waals surface area contributed by atoms with E-state index in [1.54, 1.807) is 54.6 Å². The molecule has 0 heterocycles. The van der Waals surface area contributed by atoms with Crippen molar-refractivity contribution in [3.63, 3.8) is 0 Å². The van der Waals surface area contributed by atoms with Crippen molar-refractivity contribution in [2.24, 2.45) is 16.5 Å². The van der Waals surface area contributed by atoms with E-state index in [2.05, 4.69) is 10.3 Å². The van der Waals surface area contributed by atoms with E-state index in [1.165, 1.54) is 0 Å². The fourth-order valence-corrected chi connectivity index (χ4v) is 2.24. The summed E-state index contributed by atoms with van der Waals surface area (Å²) in [6.07, 6.45) is -4.90. The van der Waals surface area contributed by atoms with E-state index in [1.807, 2.05) is 0 Å². The average Bonchev–Trinajstić information content (AvgIpc) is 2.73. The van der Waals surface area contributed by atoms with Gasteiger partial charge in [0.25, 0.3) is 5.91 Å². The van der Waals surface area contributed by atoms with Crippen molar-refractivity contribution in [2.75, 3.05) is 6.67 Å². The van der Waals surface area contributed by atoms with Gasteiger partial charge in [0.15, 0.2) is 0 Å². The molecule has 2 rings (SSSR count). The number of benzene rings is 2. The highest BCUT2D eigenvalue weighted by Gasteiger charge is 2.38. The Hall–Kier alpha value is -3.96. The first-order valence-corrected chi connectivity index (χ1v) is 8.87. The Labute approximate surface area is 179 Å². The maximum Gasteiger partial charge on any atom is 0.490 e. The molecule has 0 saturated carbocycles. The lowest BCUT2D eigenvalue weighted by Crippen LogP contribution is -2.45. The summed E-state index contributed by atoms with van der Waals surface area (Å²) in [6.45, 7) is -0.846. The summed E-state index contributed by atoms with van der Waals surface area (Å²) >= 11 is 0. The second-order valence-electron chi connectivity index (χ2n) is 6.21. The van der Waals surface area contributed by atoms with E-state index in [9.17, 15) is 27.2 Å². The lowest BCUT2D eigenvalue weighted by molar-refractivity contribution is -0.192. The number of alkyl halides is 4. The highest BCUT2D eigenvalue weighted by Crippen LogP contribution is 2.16. The third kappa shape index (κ3) is 9.24. The van der Waals surface area contributed by atoms with E-state index in [0.717, 1.165) is 0 Å². The van der Waals surface area contributed by atoms with Crippen molar-refractivity contribution >= 4 is 29.3 Å². The van der Waals surface area contributed by atoms with E-state index in [0.29, 0.717) is 16.8 Å². The summed E-state index contributed by atoms with van der Waals surface area (Å²) in [5, 5.41) is 9.74. The van der Waals surface area contributed by atoms with Crippen LogP contribution in [0.5, 0.6) is 0 Å². The summed E-state index contributed by atoms with van der Waals surface area (Å²) in [7, 11) is 0. The molecule has 2 aromatic rings.